The molecule has 1 N–H and O–H groups in total. The second kappa shape index (κ2) is 11.4. The van der Waals surface area contributed by atoms with Crippen molar-refractivity contribution in [1.82, 2.24) is 5.32 Å². The first-order chi connectivity index (χ1) is 14.4. The fraction of sp³-hybridized carbons (Fsp3) is 0.261. The van der Waals surface area contributed by atoms with Gasteiger partial charge in [-0.05, 0) is 35.8 Å². The van der Waals surface area contributed by atoms with E-state index in [0.717, 1.165) is 11.1 Å². The van der Waals surface area contributed by atoms with E-state index in [1.165, 1.54) is 20.1 Å². The number of carbonyl (C=O) groups is 3. The van der Waals surface area contributed by atoms with Crippen molar-refractivity contribution < 1.29 is 28.6 Å². The summed E-state index contributed by atoms with van der Waals surface area (Å²) in [5.74, 6) is 0.137. The topological polar surface area (TPSA) is 90.9 Å². The number of rotatable bonds is 10. The zero-order valence-corrected chi connectivity index (χ0v) is 17.3. The molecule has 2 rings (SSSR count). The molecule has 2 aromatic carbocycles. The first-order valence-electron chi connectivity index (χ1n) is 9.36. The Morgan fingerprint density at radius 1 is 0.967 bits per heavy atom. The predicted molar refractivity (Wildman–Crippen MR) is 113 cm³/mol. The molecule has 0 aliphatic rings. The van der Waals surface area contributed by atoms with E-state index in [1.54, 1.807) is 43.5 Å². The van der Waals surface area contributed by atoms with E-state index in [4.69, 9.17) is 14.2 Å². The van der Waals surface area contributed by atoms with Gasteiger partial charge in [0.1, 0.15) is 0 Å². The van der Waals surface area contributed by atoms with Crippen LogP contribution in [0.25, 0.3) is 6.08 Å². The lowest BCUT2D eigenvalue weighted by Crippen LogP contribution is -2.22. The van der Waals surface area contributed by atoms with Crippen LogP contribution in [0.5, 0.6) is 11.5 Å². The van der Waals surface area contributed by atoms with E-state index < -0.39 is 5.97 Å². The summed E-state index contributed by atoms with van der Waals surface area (Å²) in [6, 6.07) is 12.2. The van der Waals surface area contributed by atoms with Crippen molar-refractivity contribution in [2.24, 2.45) is 0 Å². The minimum absolute atomic E-state index is 0.0798. The molecule has 0 atom stereocenters. The molecule has 0 radical (unpaired) electrons. The quantitative estimate of drug-likeness (QED) is 0.367. The molecule has 0 fully saturated rings. The van der Waals surface area contributed by atoms with Gasteiger partial charge in [0, 0.05) is 25.1 Å². The van der Waals surface area contributed by atoms with E-state index >= 15 is 0 Å². The highest BCUT2D eigenvalue weighted by molar-refractivity contribution is 5.98. The van der Waals surface area contributed by atoms with E-state index in [0.29, 0.717) is 30.0 Å². The number of methoxy groups -OCH3 is 2. The number of nitrogens with one attached hydrogen (secondary N) is 1. The van der Waals surface area contributed by atoms with Gasteiger partial charge in [-0.1, -0.05) is 30.3 Å². The highest BCUT2D eigenvalue weighted by Gasteiger charge is 2.09. The van der Waals surface area contributed by atoms with Crippen LogP contribution >= 0.6 is 0 Å². The summed E-state index contributed by atoms with van der Waals surface area (Å²) < 4.78 is 15.4. The minimum atomic E-state index is -0.620. The summed E-state index contributed by atoms with van der Waals surface area (Å²) in [6.07, 6.45) is 3.49. The number of ketones is 1. The van der Waals surface area contributed by atoms with E-state index in [9.17, 15) is 14.4 Å². The molecule has 158 valence electrons. The van der Waals surface area contributed by atoms with Gasteiger partial charge in [-0.25, -0.2) is 4.79 Å². The van der Waals surface area contributed by atoms with Gasteiger partial charge in [0.05, 0.1) is 14.2 Å². The second-order valence-electron chi connectivity index (χ2n) is 6.41. The first-order valence-corrected chi connectivity index (χ1v) is 9.36. The monoisotopic (exact) mass is 411 g/mol. The summed E-state index contributed by atoms with van der Waals surface area (Å²) in [7, 11) is 3.07. The normalized spacial score (nSPS) is 10.5. The standard InChI is InChI=1S/C23H25NO6/c1-16(25)24-13-12-17-4-8-19(9-5-17)20(26)15-30-23(27)11-7-18-6-10-21(28-2)22(14-18)29-3/h4-11,14H,12-13,15H2,1-3H3,(H,24,25)/b11-7+. The van der Waals surface area contributed by atoms with Gasteiger partial charge in [-0.15, -0.1) is 0 Å². The van der Waals surface area contributed by atoms with Gasteiger partial charge in [-0.3, -0.25) is 9.59 Å². The summed E-state index contributed by atoms with van der Waals surface area (Å²) >= 11 is 0. The number of carbonyl (C=O) groups excluding carboxylic acids is 3. The summed E-state index contributed by atoms with van der Waals surface area (Å²) in [4.78, 5) is 35.0. The highest BCUT2D eigenvalue weighted by Crippen LogP contribution is 2.27. The average Bonchev–Trinajstić information content (AvgIpc) is 2.76. The summed E-state index contributed by atoms with van der Waals surface area (Å²) in [5.41, 5.74) is 2.18. The number of benzene rings is 2. The van der Waals surface area contributed by atoms with Gasteiger partial charge in [-0.2, -0.15) is 0 Å². The number of hydrogen-bond donors (Lipinski definition) is 1. The fourth-order valence-corrected chi connectivity index (χ4v) is 2.63. The van der Waals surface area contributed by atoms with Crippen molar-refractivity contribution in [2.75, 3.05) is 27.4 Å². The van der Waals surface area contributed by atoms with Crippen LogP contribution in [-0.2, 0) is 20.7 Å². The molecule has 0 unspecified atom stereocenters. The van der Waals surface area contributed by atoms with Crippen LogP contribution < -0.4 is 14.8 Å². The lowest BCUT2D eigenvalue weighted by Gasteiger charge is -2.07. The average molecular weight is 411 g/mol. The van der Waals surface area contributed by atoms with Crippen molar-refractivity contribution in [3.8, 4) is 11.5 Å². The highest BCUT2D eigenvalue weighted by atomic mass is 16.5. The predicted octanol–water partition coefficient (Wildman–Crippen LogP) is 2.82. The lowest BCUT2D eigenvalue weighted by atomic mass is 10.1. The third-order valence-electron chi connectivity index (χ3n) is 4.23. The molecule has 0 spiro atoms. The summed E-state index contributed by atoms with van der Waals surface area (Å²) in [5, 5.41) is 2.72. The molecule has 2 aromatic rings. The zero-order chi connectivity index (χ0) is 21.9. The van der Waals surface area contributed by atoms with E-state index in [2.05, 4.69) is 5.32 Å². The molecular weight excluding hydrogens is 386 g/mol. The number of Topliss-reactive ketones (excluding diaryl/α,β-unsaturated/α-hetero) is 1. The maximum absolute atomic E-state index is 12.2. The van der Waals surface area contributed by atoms with Gasteiger partial charge >= 0.3 is 5.97 Å². The molecule has 0 saturated carbocycles. The van der Waals surface area contributed by atoms with Crippen molar-refractivity contribution in [1.29, 1.82) is 0 Å². The van der Waals surface area contributed by atoms with Crippen molar-refractivity contribution >= 4 is 23.7 Å². The third-order valence-corrected chi connectivity index (χ3v) is 4.23. The van der Waals surface area contributed by atoms with E-state index in [-0.39, 0.29) is 18.3 Å². The molecule has 0 aromatic heterocycles. The maximum Gasteiger partial charge on any atom is 0.331 e. The van der Waals surface area contributed by atoms with Crippen LogP contribution in [0.4, 0.5) is 0 Å². The molecule has 0 saturated heterocycles. The van der Waals surface area contributed by atoms with Gasteiger partial charge in [0.25, 0.3) is 0 Å². The molecule has 0 aliphatic heterocycles. The molecule has 30 heavy (non-hydrogen) atoms. The Morgan fingerprint density at radius 2 is 1.67 bits per heavy atom. The Hall–Kier alpha value is -3.61. The van der Waals surface area contributed by atoms with Crippen molar-refractivity contribution in [3.63, 3.8) is 0 Å². The SMILES string of the molecule is COc1ccc(/C=C/C(=O)OCC(=O)c2ccc(CCNC(C)=O)cc2)cc1OC. The molecule has 7 nitrogen and oxygen atoms in total. The maximum atomic E-state index is 12.2. The molecule has 0 bridgehead atoms. The Labute approximate surface area is 175 Å². The van der Waals surface area contributed by atoms with Gasteiger partial charge in [0.15, 0.2) is 23.9 Å². The van der Waals surface area contributed by atoms with Crippen molar-refractivity contribution in [3.05, 3.63) is 65.2 Å². The number of amides is 1. The van der Waals surface area contributed by atoms with Crippen LogP contribution in [0, 0.1) is 0 Å². The Bertz CT molecular complexity index is 918. The number of ether oxygens (including phenoxy) is 3. The van der Waals surface area contributed by atoms with Crippen molar-refractivity contribution in [2.45, 2.75) is 13.3 Å². The molecule has 7 heteroatoms. The van der Waals surface area contributed by atoms with E-state index in [1.807, 2.05) is 12.1 Å². The van der Waals surface area contributed by atoms with Crippen LogP contribution in [0.2, 0.25) is 0 Å². The molecule has 0 aliphatic carbocycles. The Kier molecular flexibility index (Phi) is 8.62. The zero-order valence-electron chi connectivity index (χ0n) is 17.3. The van der Waals surface area contributed by atoms with Gasteiger partial charge < -0.3 is 19.5 Å². The minimum Gasteiger partial charge on any atom is -0.493 e. The van der Waals surface area contributed by atoms with Crippen LogP contribution in [0.3, 0.4) is 0 Å². The first kappa shape index (κ1) is 22.7. The number of hydrogen-bond acceptors (Lipinski definition) is 6. The third kappa shape index (κ3) is 7.09. The lowest BCUT2D eigenvalue weighted by molar-refractivity contribution is -0.136. The van der Waals surface area contributed by atoms with Crippen LogP contribution in [-0.4, -0.2) is 45.0 Å². The fourth-order valence-electron chi connectivity index (χ4n) is 2.63. The van der Waals surface area contributed by atoms with Gasteiger partial charge in [0.2, 0.25) is 5.91 Å². The largest absolute Gasteiger partial charge is 0.493 e. The second-order valence-corrected chi connectivity index (χ2v) is 6.41. The number of esters is 1. The Balaban J connectivity index is 1.84. The molecule has 0 heterocycles. The Morgan fingerprint density at radius 3 is 2.30 bits per heavy atom. The van der Waals surface area contributed by atoms with Crippen LogP contribution in [0.1, 0.15) is 28.4 Å². The molecule has 1 amide bonds. The summed E-state index contributed by atoms with van der Waals surface area (Å²) in [6.45, 7) is 1.65. The molecular formula is C23H25NO6. The smallest absolute Gasteiger partial charge is 0.331 e. The van der Waals surface area contributed by atoms with Crippen LogP contribution in [0.15, 0.2) is 48.5 Å².